The molecule has 3 atom stereocenters. The van der Waals surface area contributed by atoms with Gasteiger partial charge in [0.1, 0.15) is 0 Å². The van der Waals surface area contributed by atoms with Gasteiger partial charge in [0.2, 0.25) is 0 Å². The standard InChI is InChI=1S/C28H26/c1-21-20-28(23-11-4-2-5-12-23,24-13-6-3-7-14-24)19-18-25(21)27-17-16-22-10-8-9-15-26(22)27/h2-19,21,25,27H,20H2,1H3/t21-,25-,27+/m0/s1. The van der Waals surface area contributed by atoms with E-state index in [0.29, 0.717) is 17.8 Å². The van der Waals surface area contributed by atoms with Crippen LogP contribution in [-0.2, 0) is 5.41 Å². The molecule has 0 heteroatoms. The fourth-order valence-corrected chi connectivity index (χ4v) is 5.33. The highest BCUT2D eigenvalue weighted by atomic mass is 14.4. The first kappa shape index (κ1) is 17.3. The fourth-order valence-electron chi connectivity index (χ4n) is 5.33. The molecule has 0 fully saturated rings. The summed E-state index contributed by atoms with van der Waals surface area (Å²) in [5.41, 5.74) is 5.61. The molecule has 2 aliphatic rings. The molecule has 28 heavy (non-hydrogen) atoms. The molecule has 0 aliphatic heterocycles. The van der Waals surface area contributed by atoms with Crippen LogP contribution in [0.5, 0.6) is 0 Å². The molecule has 0 saturated heterocycles. The summed E-state index contributed by atoms with van der Waals surface area (Å²) in [5.74, 6) is 1.62. The Morgan fingerprint density at radius 1 is 0.714 bits per heavy atom. The lowest BCUT2D eigenvalue weighted by Gasteiger charge is -2.42. The summed E-state index contributed by atoms with van der Waals surface area (Å²) in [4.78, 5) is 0. The summed E-state index contributed by atoms with van der Waals surface area (Å²) in [7, 11) is 0. The Bertz CT molecular complexity index is 971. The molecule has 5 rings (SSSR count). The molecular weight excluding hydrogens is 336 g/mol. The molecule has 0 unspecified atom stereocenters. The van der Waals surface area contributed by atoms with E-state index in [1.165, 1.54) is 22.3 Å². The van der Waals surface area contributed by atoms with Gasteiger partial charge in [-0.3, -0.25) is 0 Å². The molecule has 2 aliphatic carbocycles. The van der Waals surface area contributed by atoms with E-state index < -0.39 is 0 Å². The van der Waals surface area contributed by atoms with Gasteiger partial charge in [-0.2, -0.15) is 0 Å². The van der Waals surface area contributed by atoms with Crippen molar-refractivity contribution in [2.75, 3.05) is 0 Å². The van der Waals surface area contributed by atoms with Crippen LogP contribution in [0.3, 0.4) is 0 Å². The average molecular weight is 363 g/mol. The predicted molar refractivity (Wildman–Crippen MR) is 118 cm³/mol. The van der Waals surface area contributed by atoms with Crippen LogP contribution in [0.2, 0.25) is 0 Å². The SMILES string of the molecule is C[C@H]1CC(c2ccccc2)(c2ccccc2)C=C[C@@H]1[C@H]1C=Cc2ccccc21. The maximum Gasteiger partial charge on any atom is 0.0384 e. The molecule has 0 heterocycles. The first-order chi connectivity index (χ1) is 13.8. The minimum Gasteiger partial charge on any atom is -0.0830 e. The topological polar surface area (TPSA) is 0 Å². The van der Waals surface area contributed by atoms with E-state index in [0.717, 1.165) is 6.42 Å². The lowest BCUT2D eigenvalue weighted by Crippen LogP contribution is -2.35. The summed E-state index contributed by atoms with van der Waals surface area (Å²) in [6.07, 6.45) is 10.8. The summed E-state index contributed by atoms with van der Waals surface area (Å²) >= 11 is 0. The van der Waals surface area contributed by atoms with Gasteiger partial charge in [-0.25, -0.2) is 0 Å². The lowest BCUT2D eigenvalue weighted by molar-refractivity contribution is 0.309. The third-order valence-corrected chi connectivity index (χ3v) is 6.73. The Hall–Kier alpha value is -2.86. The van der Waals surface area contributed by atoms with Crippen LogP contribution in [0.25, 0.3) is 6.08 Å². The van der Waals surface area contributed by atoms with Gasteiger partial charge in [-0.15, -0.1) is 0 Å². The number of benzene rings is 3. The van der Waals surface area contributed by atoms with E-state index >= 15 is 0 Å². The van der Waals surface area contributed by atoms with Crippen LogP contribution in [-0.4, -0.2) is 0 Å². The second-order valence-corrected chi connectivity index (χ2v) is 8.34. The van der Waals surface area contributed by atoms with Crippen LogP contribution in [0.15, 0.2) is 103 Å². The van der Waals surface area contributed by atoms with Gasteiger partial charge in [0, 0.05) is 11.3 Å². The highest BCUT2D eigenvalue weighted by Crippen LogP contribution is 2.49. The largest absolute Gasteiger partial charge is 0.0830 e. The molecule has 0 N–H and O–H groups in total. The first-order valence-corrected chi connectivity index (χ1v) is 10.4. The van der Waals surface area contributed by atoms with Crippen LogP contribution >= 0.6 is 0 Å². The predicted octanol–water partition coefficient (Wildman–Crippen LogP) is 7.00. The smallest absolute Gasteiger partial charge is 0.0384 e. The highest BCUT2D eigenvalue weighted by molar-refractivity contribution is 5.63. The average Bonchev–Trinajstić information content (AvgIpc) is 3.19. The Kier molecular flexibility index (Phi) is 4.28. The molecular formula is C28H26. The van der Waals surface area contributed by atoms with E-state index in [2.05, 4.69) is 116 Å². The van der Waals surface area contributed by atoms with Crippen LogP contribution in [0, 0.1) is 11.8 Å². The van der Waals surface area contributed by atoms with E-state index in [9.17, 15) is 0 Å². The molecule has 0 nitrogen and oxygen atoms in total. The highest BCUT2D eigenvalue weighted by Gasteiger charge is 2.40. The fraction of sp³-hybridized carbons (Fsp3) is 0.214. The summed E-state index contributed by atoms with van der Waals surface area (Å²) in [6.45, 7) is 2.43. The van der Waals surface area contributed by atoms with Gasteiger partial charge >= 0.3 is 0 Å². The van der Waals surface area contributed by atoms with Crippen molar-refractivity contribution < 1.29 is 0 Å². The number of fused-ring (bicyclic) bond motifs is 1. The minimum absolute atomic E-state index is 0.0414. The van der Waals surface area contributed by atoms with Crippen molar-refractivity contribution >= 4 is 6.08 Å². The zero-order valence-electron chi connectivity index (χ0n) is 16.3. The van der Waals surface area contributed by atoms with Gasteiger partial charge in [0.15, 0.2) is 0 Å². The molecule has 0 spiro atoms. The van der Waals surface area contributed by atoms with Crippen molar-refractivity contribution in [1.29, 1.82) is 0 Å². The van der Waals surface area contributed by atoms with Crippen LogP contribution < -0.4 is 0 Å². The molecule has 0 bridgehead atoms. The Balaban J connectivity index is 1.58. The Morgan fingerprint density at radius 2 is 1.32 bits per heavy atom. The summed E-state index contributed by atoms with van der Waals surface area (Å²) in [6, 6.07) is 30.9. The van der Waals surface area contributed by atoms with E-state index in [4.69, 9.17) is 0 Å². The van der Waals surface area contributed by atoms with Crippen molar-refractivity contribution in [3.63, 3.8) is 0 Å². The summed E-state index contributed by atoms with van der Waals surface area (Å²) in [5, 5.41) is 0. The molecule has 0 radical (unpaired) electrons. The van der Waals surface area contributed by atoms with Gasteiger partial charge < -0.3 is 0 Å². The van der Waals surface area contributed by atoms with Gasteiger partial charge in [-0.05, 0) is 40.5 Å². The van der Waals surface area contributed by atoms with Crippen molar-refractivity contribution in [1.82, 2.24) is 0 Å². The van der Waals surface area contributed by atoms with Crippen molar-refractivity contribution in [3.8, 4) is 0 Å². The van der Waals surface area contributed by atoms with Crippen molar-refractivity contribution in [2.45, 2.75) is 24.7 Å². The monoisotopic (exact) mass is 362 g/mol. The molecule has 3 aromatic carbocycles. The molecule has 138 valence electrons. The molecule has 0 saturated carbocycles. The van der Waals surface area contributed by atoms with Crippen molar-refractivity contribution in [3.05, 3.63) is 125 Å². The van der Waals surface area contributed by atoms with Crippen LogP contribution in [0.4, 0.5) is 0 Å². The second kappa shape index (κ2) is 6.95. The maximum absolute atomic E-state index is 2.51. The maximum atomic E-state index is 2.51. The van der Waals surface area contributed by atoms with Gasteiger partial charge in [-0.1, -0.05) is 116 Å². The number of rotatable bonds is 3. The Labute approximate surface area is 168 Å². The number of allylic oxidation sites excluding steroid dienone is 3. The van der Waals surface area contributed by atoms with Crippen LogP contribution in [0.1, 0.15) is 41.5 Å². The zero-order chi connectivity index (χ0) is 19.0. The van der Waals surface area contributed by atoms with Gasteiger partial charge in [0.05, 0.1) is 0 Å². The zero-order valence-corrected chi connectivity index (χ0v) is 16.3. The molecule has 3 aromatic rings. The quantitative estimate of drug-likeness (QED) is 0.440. The Morgan fingerprint density at radius 3 is 1.96 bits per heavy atom. The summed E-state index contributed by atoms with van der Waals surface area (Å²) < 4.78 is 0. The van der Waals surface area contributed by atoms with Crippen molar-refractivity contribution in [2.24, 2.45) is 11.8 Å². The third kappa shape index (κ3) is 2.76. The minimum atomic E-state index is -0.0414. The van der Waals surface area contributed by atoms with E-state index in [1.807, 2.05) is 0 Å². The van der Waals surface area contributed by atoms with E-state index in [1.54, 1.807) is 0 Å². The van der Waals surface area contributed by atoms with Gasteiger partial charge in [0.25, 0.3) is 0 Å². The number of hydrogen-bond donors (Lipinski definition) is 0. The van der Waals surface area contributed by atoms with E-state index in [-0.39, 0.29) is 5.41 Å². The first-order valence-electron chi connectivity index (χ1n) is 10.4. The molecule has 0 amide bonds. The second-order valence-electron chi connectivity index (χ2n) is 8.34. The number of hydrogen-bond acceptors (Lipinski definition) is 0. The third-order valence-electron chi connectivity index (χ3n) is 6.73. The lowest BCUT2D eigenvalue weighted by atomic mass is 9.61. The normalized spacial score (nSPS) is 24.8. The molecule has 0 aromatic heterocycles.